The minimum absolute atomic E-state index is 0.702. The standard InChI is InChI=1S/C14H19N5/c1-2-15-10-14-16-17-18-19(14)13-9-5-7-11-6-3-4-8-12(11)13/h5,7,9,15H,2-4,6,8,10H2,1H3. The van der Waals surface area contributed by atoms with Gasteiger partial charge in [-0.15, -0.1) is 5.10 Å². The molecule has 0 spiro atoms. The number of aromatic nitrogens is 4. The van der Waals surface area contributed by atoms with E-state index in [-0.39, 0.29) is 0 Å². The van der Waals surface area contributed by atoms with Gasteiger partial charge in [-0.2, -0.15) is 4.68 Å². The molecule has 0 atom stereocenters. The zero-order valence-electron chi connectivity index (χ0n) is 11.3. The number of hydrogen-bond donors (Lipinski definition) is 1. The molecule has 100 valence electrons. The largest absolute Gasteiger partial charge is 0.310 e. The van der Waals surface area contributed by atoms with E-state index in [1.807, 2.05) is 4.68 Å². The van der Waals surface area contributed by atoms with Gasteiger partial charge in [0.25, 0.3) is 0 Å². The summed E-state index contributed by atoms with van der Waals surface area (Å²) in [6.45, 7) is 3.70. The van der Waals surface area contributed by atoms with Crippen LogP contribution in [0.15, 0.2) is 18.2 Å². The van der Waals surface area contributed by atoms with Gasteiger partial charge in [-0.05, 0) is 59.8 Å². The van der Waals surface area contributed by atoms with Gasteiger partial charge in [0.2, 0.25) is 0 Å². The van der Waals surface area contributed by atoms with Crippen molar-refractivity contribution in [2.75, 3.05) is 6.54 Å². The van der Waals surface area contributed by atoms with Gasteiger partial charge < -0.3 is 5.32 Å². The third-order valence-corrected chi connectivity index (χ3v) is 3.67. The first-order chi connectivity index (χ1) is 9.40. The zero-order chi connectivity index (χ0) is 13.1. The van der Waals surface area contributed by atoms with Crippen LogP contribution in [0.2, 0.25) is 0 Å². The highest BCUT2D eigenvalue weighted by Crippen LogP contribution is 2.26. The molecule has 1 heterocycles. The Bertz CT molecular complexity index is 561. The first-order valence-corrected chi connectivity index (χ1v) is 6.99. The van der Waals surface area contributed by atoms with Crippen LogP contribution in [0.4, 0.5) is 0 Å². The van der Waals surface area contributed by atoms with Crippen LogP contribution in [-0.2, 0) is 19.4 Å². The Morgan fingerprint density at radius 3 is 3.05 bits per heavy atom. The van der Waals surface area contributed by atoms with Crippen molar-refractivity contribution < 1.29 is 0 Å². The molecule has 1 aliphatic carbocycles. The number of rotatable bonds is 4. The normalized spacial score (nSPS) is 14.4. The number of benzene rings is 1. The van der Waals surface area contributed by atoms with Crippen LogP contribution in [0.1, 0.15) is 36.7 Å². The molecule has 5 heteroatoms. The van der Waals surface area contributed by atoms with Gasteiger partial charge in [-0.1, -0.05) is 19.1 Å². The first kappa shape index (κ1) is 12.3. The van der Waals surface area contributed by atoms with Crippen molar-refractivity contribution in [1.29, 1.82) is 0 Å². The molecule has 5 nitrogen and oxygen atoms in total. The minimum atomic E-state index is 0.702. The van der Waals surface area contributed by atoms with Crippen molar-refractivity contribution >= 4 is 0 Å². The van der Waals surface area contributed by atoms with Crippen LogP contribution in [-0.4, -0.2) is 26.8 Å². The van der Waals surface area contributed by atoms with Crippen molar-refractivity contribution in [2.24, 2.45) is 0 Å². The predicted octanol–water partition coefficient (Wildman–Crippen LogP) is 1.65. The number of nitrogens with one attached hydrogen (secondary N) is 1. The molecule has 3 rings (SSSR count). The van der Waals surface area contributed by atoms with E-state index in [0.29, 0.717) is 6.54 Å². The molecule has 0 bridgehead atoms. The average molecular weight is 257 g/mol. The maximum absolute atomic E-state index is 4.16. The third kappa shape index (κ3) is 2.38. The van der Waals surface area contributed by atoms with E-state index >= 15 is 0 Å². The Morgan fingerprint density at radius 1 is 1.26 bits per heavy atom. The smallest absolute Gasteiger partial charge is 0.170 e. The highest BCUT2D eigenvalue weighted by molar-refractivity contribution is 5.47. The summed E-state index contributed by atoms with van der Waals surface area (Å²) in [6.07, 6.45) is 4.85. The Morgan fingerprint density at radius 2 is 2.16 bits per heavy atom. The molecular weight excluding hydrogens is 238 g/mol. The van der Waals surface area contributed by atoms with E-state index in [0.717, 1.165) is 24.5 Å². The lowest BCUT2D eigenvalue weighted by atomic mass is 9.90. The van der Waals surface area contributed by atoms with Gasteiger partial charge in [0, 0.05) is 0 Å². The molecule has 1 N–H and O–H groups in total. The number of hydrogen-bond acceptors (Lipinski definition) is 4. The van der Waals surface area contributed by atoms with Crippen LogP contribution in [0.5, 0.6) is 0 Å². The summed E-state index contributed by atoms with van der Waals surface area (Å²) in [5.41, 5.74) is 4.02. The van der Waals surface area contributed by atoms with Gasteiger partial charge in [0.15, 0.2) is 5.82 Å². The van der Waals surface area contributed by atoms with Crippen molar-refractivity contribution in [3.8, 4) is 5.69 Å². The van der Waals surface area contributed by atoms with E-state index in [1.165, 1.54) is 30.4 Å². The predicted molar refractivity (Wildman–Crippen MR) is 73.2 cm³/mol. The first-order valence-electron chi connectivity index (χ1n) is 6.99. The molecule has 2 aromatic rings. The summed E-state index contributed by atoms with van der Waals surface area (Å²) in [4.78, 5) is 0. The van der Waals surface area contributed by atoms with Crippen LogP contribution >= 0.6 is 0 Å². The van der Waals surface area contributed by atoms with Crippen molar-refractivity contribution in [2.45, 2.75) is 39.2 Å². The fraction of sp³-hybridized carbons (Fsp3) is 0.500. The summed E-state index contributed by atoms with van der Waals surface area (Å²) in [5, 5.41) is 15.4. The van der Waals surface area contributed by atoms with Gasteiger partial charge in [-0.3, -0.25) is 0 Å². The number of nitrogens with zero attached hydrogens (tertiary/aromatic N) is 4. The molecule has 1 aliphatic rings. The lowest BCUT2D eigenvalue weighted by Gasteiger charge is -2.19. The average Bonchev–Trinajstić information content (AvgIpc) is 2.92. The molecule has 19 heavy (non-hydrogen) atoms. The van der Waals surface area contributed by atoms with Crippen LogP contribution in [0, 0.1) is 0 Å². The van der Waals surface area contributed by atoms with Crippen molar-refractivity contribution in [3.63, 3.8) is 0 Å². The Labute approximate surface area is 113 Å². The maximum atomic E-state index is 4.16. The molecule has 0 radical (unpaired) electrons. The number of tetrazole rings is 1. The van der Waals surface area contributed by atoms with Crippen LogP contribution in [0.25, 0.3) is 5.69 Å². The van der Waals surface area contributed by atoms with Crippen LogP contribution in [0.3, 0.4) is 0 Å². The Balaban J connectivity index is 2.00. The highest BCUT2D eigenvalue weighted by Gasteiger charge is 2.16. The highest BCUT2D eigenvalue weighted by atomic mass is 15.5. The second-order valence-electron chi connectivity index (χ2n) is 4.91. The van der Waals surface area contributed by atoms with Crippen LogP contribution < -0.4 is 5.32 Å². The van der Waals surface area contributed by atoms with E-state index in [2.05, 4.69) is 46.0 Å². The molecule has 0 unspecified atom stereocenters. The lowest BCUT2D eigenvalue weighted by molar-refractivity contribution is 0.646. The number of aryl methyl sites for hydroxylation is 1. The summed E-state index contributed by atoms with van der Waals surface area (Å²) >= 11 is 0. The quantitative estimate of drug-likeness (QED) is 0.905. The second kappa shape index (κ2) is 5.48. The lowest BCUT2D eigenvalue weighted by Crippen LogP contribution is -2.17. The Hall–Kier alpha value is -1.75. The maximum Gasteiger partial charge on any atom is 0.170 e. The fourth-order valence-corrected chi connectivity index (χ4v) is 2.70. The second-order valence-corrected chi connectivity index (χ2v) is 4.91. The van der Waals surface area contributed by atoms with E-state index < -0.39 is 0 Å². The summed E-state index contributed by atoms with van der Waals surface area (Å²) in [6, 6.07) is 6.46. The topological polar surface area (TPSA) is 55.6 Å². The molecule has 0 saturated carbocycles. The van der Waals surface area contributed by atoms with E-state index in [1.54, 1.807) is 0 Å². The minimum Gasteiger partial charge on any atom is -0.310 e. The monoisotopic (exact) mass is 257 g/mol. The molecule has 0 saturated heterocycles. The molecule has 0 aliphatic heterocycles. The molecule has 1 aromatic heterocycles. The molecule has 0 amide bonds. The zero-order valence-corrected chi connectivity index (χ0v) is 11.3. The van der Waals surface area contributed by atoms with Gasteiger partial charge in [0.1, 0.15) is 0 Å². The fourth-order valence-electron chi connectivity index (χ4n) is 2.70. The molecule has 0 fully saturated rings. The summed E-state index contributed by atoms with van der Waals surface area (Å²) in [5.74, 6) is 0.876. The third-order valence-electron chi connectivity index (χ3n) is 3.67. The number of fused-ring (bicyclic) bond motifs is 1. The van der Waals surface area contributed by atoms with Gasteiger partial charge in [0.05, 0.1) is 12.2 Å². The summed E-state index contributed by atoms with van der Waals surface area (Å²) < 4.78 is 1.88. The summed E-state index contributed by atoms with van der Waals surface area (Å²) in [7, 11) is 0. The van der Waals surface area contributed by atoms with Crippen molar-refractivity contribution in [1.82, 2.24) is 25.5 Å². The van der Waals surface area contributed by atoms with Gasteiger partial charge in [-0.25, -0.2) is 0 Å². The molecular formula is C14H19N5. The van der Waals surface area contributed by atoms with Crippen molar-refractivity contribution in [3.05, 3.63) is 35.2 Å². The van der Waals surface area contributed by atoms with E-state index in [9.17, 15) is 0 Å². The Kier molecular flexibility index (Phi) is 3.55. The van der Waals surface area contributed by atoms with E-state index in [4.69, 9.17) is 0 Å². The molecule has 1 aromatic carbocycles. The van der Waals surface area contributed by atoms with Gasteiger partial charge >= 0.3 is 0 Å². The SMILES string of the molecule is CCNCc1nnnn1-c1cccc2c1CCCC2.